The van der Waals surface area contributed by atoms with Gasteiger partial charge in [-0.1, -0.05) is 32.0 Å². The van der Waals surface area contributed by atoms with Gasteiger partial charge in [0.05, 0.1) is 23.9 Å². The topological polar surface area (TPSA) is 57.8 Å². The van der Waals surface area contributed by atoms with Crippen molar-refractivity contribution in [3.05, 3.63) is 35.5 Å². The van der Waals surface area contributed by atoms with Gasteiger partial charge < -0.3 is 19.6 Å². The molecular weight excluding hydrogens is 386 g/mol. The Kier molecular flexibility index (Phi) is 3.44. The summed E-state index contributed by atoms with van der Waals surface area (Å²) in [6, 6.07) is 8.85. The predicted octanol–water partition coefficient (Wildman–Crippen LogP) is 4.87. The van der Waals surface area contributed by atoms with Gasteiger partial charge in [0.15, 0.2) is 0 Å². The van der Waals surface area contributed by atoms with E-state index in [1.54, 1.807) is 5.56 Å². The van der Waals surface area contributed by atoms with Crippen molar-refractivity contribution in [2.24, 2.45) is 17.3 Å². The number of hydrogen-bond donors (Lipinski definition) is 2. The van der Waals surface area contributed by atoms with Crippen molar-refractivity contribution in [3.8, 4) is 0 Å². The normalized spacial score (nSPS) is 47.8. The van der Waals surface area contributed by atoms with Gasteiger partial charge in [-0.25, -0.2) is 0 Å². The number of rotatable bonds is 1. The molecule has 2 saturated carbocycles. The second kappa shape index (κ2) is 5.58. The standard InChI is InChI=1S/C27H35NO3/c1-24(2,29)21-14-22-27(31-22)19-10-9-15-13-17-16-7-5-6-8-18(16)28-23(17)26(15,4)25(19,3)12-11-20(27)30-21/h5-8,15,19-22,28-29H,9-14H2,1-4H3/t15-,19?,20-,21-,22?,25-,26+,27?/m0/s1. The quantitative estimate of drug-likeness (QED) is 0.646. The maximum Gasteiger partial charge on any atom is 0.124 e. The van der Waals surface area contributed by atoms with E-state index < -0.39 is 5.60 Å². The van der Waals surface area contributed by atoms with Gasteiger partial charge in [-0.15, -0.1) is 0 Å². The summed E-state index contributed by atoms with van der Waals surface area (Å²) < 4.78 is 13.2. The highest BCUT2D eigenvalue weighted by Crippen LogP contribution is 2.73. The third kappa shape index (κ3) is 2.09. The average molecular weight is 422 g/mol. The van der Waals surface area contributed by atoms with Gasteiger partial charge in [0.25, 0.3) is 0 Å². The molecule has 4 heteroatoms. The van der Waals surface area contributed by atoms with Crippen molar-refractivity contribution in [3.63, 3.8) is 0 Å². The lowest BCUT2D eigenvalue weighted by atomic mass is 9.43. The van der Waals surface area contributed by atoms with Crippen LogP contribution in [0.4, 0.5) is 0 Å². The minimum absolute atomic E-state index is 0.124. The Morgan fingerprint density at radius 2 is 1.90 bits per heavy atom. The van der Waals surface area contributed by atoms with Crippen LogP contribution < -0.4 is 0 Å². The van der Waals surface area contributed by atoms with Crippen molar-refractivity contribution < 1.29 is 14.6 Å². The Bertz CT molecular complexity index is 1080. The van der Waals surface area contributed by atoms with E-state index in [2.05, 4.69) is 43.1 Å². The fraction of sp³-hybridized carbons (Fsp3) is 0.704. The fourth-order valence-corrected chi connectivity index (χ4v) is 8.85. The number of epoxide rings is 1. The molecule has 0 bridgehead atoms. The lowest BCUT2D eigenvalue weighted by Gasteiger charge is -2.62. The Hall–Kier alpha value is -1.36. The summed E-state index contributed by atoms with van der Waals surface area (Å²) in [6.45, 7) is 8.88. The van der Waals surface area contributed by atoms with Crippen molar-refractivity contribution in [2.45, 2.75) is 101 Å². The summed E-state index contributed by atoms with van der Waals surface area (Å²) in [7, 11) is 0. The SMILES string of the molecule is CC(C)(O)[C@@H]1CC2OC23C2CC[C@H]4Cc5c([nH]c6ccccc56)[C@]4(C)[C@@]2(C)CC[C@@H]3O1. The van der Waals surface area contributed by atoms with E-state index in [1.807, 2.05) is 13.8 Å². The smallest absolute Gasteiger partial charge is 0.124 e. The molecule has 2 aliphatic heterocycles. The Morgan fingerprint density at radius 3 is 2.71 bits per heavy atom. The number of aromatic nitrogens is 1. The van der Waals surface area contributed by atoms with E-state index in [1.165, 1.54) is 42.3 Å². The zero-order valence-electron chi connectivity index (χ0n) is 19.2. The zero-order valence-corrected chi connectivity index (χ0v) is 19.2. The summed E-state index contributed by atoms with van der Waals surface area (Å²) >= 11 is 0. The molecule has 3 aliphatic carbocycles. The first kappa shape index (κ1) is 19.1. The van der Waals surface area contributed by atoms with Gasteiger partial charge in [0, 0.05) is 28.4 Å². The molecule has 31 heavy (non-hydrogen) atoms. The molecule has 166 valence electrons. The number of ether oxygens (including phenoxy) is 2. The van der Waals surface area contributed by atoms with Gasteiger partial charge in [-0.05, 0) is 74.8 Å². The highest BCUT2D eigenvalue weighted by Gasteiger charge is 2.78. The molecule has 3 heterocycles. The Labute approximate surface area is 184 Å². The van der Waals surface area contributed by atoms with E-state index >= 15 is 0 Å². The number of H-pyrrole nitrogens is 1. The highest BCUT2D eigenvalue weighted by atomic mass is 16.7. The first-order chi connectivity index (χ1) is 14.7. The Balaban J connectivity index is 1.32. The highest BCUT2D eigenvalue weighted by molar-refractivity contribution is 5.86. The molecule has 1 aromatic heterocycles. The van der Waals surface area contributed by atoms with Crippen molar-refractivity contribution >= 4 is 10.9 Å². The van der Waals surface area contributed by atoms with E-state index in [0.717, 1.165) is 12.8 Å². The minimum Gasteiger partial charge on any atom is -0.388 e. The van der Waals surface area contributed by atoms with Crippen LogP contribution in [0.2, 0.25) is 0 Å². The minimum atomic E-state index is -0.812. The summed E-state index contributed by atoms with van der Waals surface area (Å²) in [5.41, 5.74) is 3.76. The third-order valence-electron chi connectivity index (χ3n) is 10.7. The molecule has 2 N–H and O–H groups in total. The largest absolute Gasteiger partial charge is 0.388 e. The summed E-state index contributed by atoms with van der Waals surface area (Å²) in [5, 5.41) is 12.0. The van der Waals surface area contributed by atoms with Gasteiger partial charge in [0.1, 0.15) is 5.60 Å². The molecule has 0 amide bonds. The van der Waals surface area contributed by atoms with Crippen molar-refractivity contribution in [2.75, 3.05) is 0 Å². The van der Waals surface area contributed by atoms with E-state index in [-0.39, 0.29) is 34.7 Å². The van der Waals surface area contributed by atoms with Gasteiger partial charge in [0.2, 0.25) is 0 Å². The average Bonchev–Trinajstić information content (AvgIpc) is 3.23. The maximum atomic E-state index is 10.6. The first-order valence-corrected chi connectivity index (χ1v) is 12.4. The molecule has 2 saturated heterocycles. The molecule has 1 aromatic carbocycles. The molecule has 7 rings (SSSR count). The zero-order chi connectivity index (χ0) is 21.4. The molecular formula is C27H35NO3. The predicted molar refractivity (Wildman–Crippen MR) is 120 cm³/mol. The lowest BCUT2D eigenvalue weighted by molar-refractivity contribution is -0.199. The maximum absolute atomic E-state index is 10.6. The molecule has 4 nitrogen and oxygen atoms in total. The van der Waals surface area contributed by atoms with Crippen LogP contribution in [0.1, 0.15) is 71.1 Å². The fourth-order valence-electron chi connectivity index (χ4n) is 8.85. The van der Waals surface area contributed by atoms with Crippen LogP contribution in [-0.2, 0) is 21.3 Å². The van der Waals surface area contributed by atoms with Crippen LogP contribution in [0.5, 0.6) is 0 Å². The first-order valence-electron chi connectivity index (χ1n) is 12.4. The number of benzene rings is 1. The Morgan fingerprint density at radius 1 is 1.10 bits per heavy atom. The van der Waals surface area contributed by atoms with Crippen LogP contribution in [0, 0.1) is 17.3 Å². The number of fused-ring (bicyclic) bond motifs is 7. The van der Waals surface area contributed by atoms with Crippen LogP contribution in [0.25, 0.3) is 10.9 Å². The summed E-state index contributed by atoms with van der Waals surface area (Å²) in [6.07, 6.45) is 6.99. The van der Waals surface area contributed by atoms with Gasteiger partial charge in [-0.2, -0.15) is 0 Å². The molecule has 4 fully saturated rings. The monoisotopic (exact) mass is 421 g/mol. The molecule has 1 spiro atoms. The number of aliphatic hydroxyl groups is 1. The lowest BCUT2D eigenvalue weighted by Crippen LogP contribution is -2.65. The van der Waals surface area contributed by atoms with Crippen molar-refractivity contribution in [1.29, 1.82) is 0 Å². The molecule has 0 radical (unpaired) electrons. The number of hydrogen-bond acceptors (Lipinski definition) is 3. The second-order valence-corrected chi connectivity index (χ2v) is 12.2. The molecule has 8 atom stereocenters. The molecule has 2 aromatic rings. The van der Waals surface area contributed by atoms with Crippen LogP contribution in [0.15, 0.2) is 24.3 Å². The third-order valence-corrected chi connectivity index (χ3v) is 10.7. The molecule has 5 aliphatic rings. The van der Waals surface area contributed by atoms with E-state index in [9.17, 15) is 5.11 Å². The number of aromatic amines is 1. The molecule has 3 unspecified atom stereocenters. The van der Waals surface area contributed by atoms with Crippen LogP contribution in [-0.4, -0.2) is 39.6 Å². The summed E-state index contributed by atoms with van der Waals surface area (Å²) in [4.78, 5) is 3.89. The van der Waals surface area contributed by atoms with Crippen LogP contribution in [0.3, 0.4) is 0 Å². The summed E-state index contributed by atoms with van der Waals surface area (Å²) in [5.74, 6) is 1.23. The van der Waals surface area contributed by atoms with Gasteiger partial charge in [-0.3, -0.25) is 0 Å². The van der Waals surface area contributed by atoms with E-state index in [0.29, 0.717) is 11.8 Å². The van der Waals surface area contributed by atoms with Gasteiger partial charge >= 0.3 is 0 Å². The number of nitrogens with one attached hydrogen (secondary N) is 1. The second-order valence-electron chi connectivity index (χ2n) is 12.2. The van der Waals surface area contributed by atoms with Crippen molar-refractivity contribution in [1.82, 2.24) is 4.98 Å². The van der Waals surface area contributed by atoms with Crippen LogP contribution >= 0.6 is 0 Å². The number of para-hydroxylation sites is 1. The van der Waals surface area contributed by atoms with E-state index in [4.69, 9.17) is 9.47 Å².